The molecule has 2 aromatic rings. The summed E-state index contributed by atoms with van der Waals surface area (Å²) in [6.45, 7) is 2.26. The summed E-state index contributed by atoms with van der Waals surface area (Å²) in [6, 6.07) is 8.04. The van der Waals surface area contributed by atoms with Crippen molar-refractivity contribution in [2.45, 2.75) is 38.6 Å². The number of rotatable bonds is 5. The van der Waals surface area contributed by atoms with Gasteiger partial charge in [0, 0.05) is 32.4 Å². The van der Waals surface area contributed by atoms with E-state index in [1.807, 2.05) is 27.7 Å². The van der Waals surface area contributed by atoms with Crippen LogP contribution in [0.25, 0.3) is 0 Å². The van der Waals surface area contributed by atoms with Gasteiger partial charge in [-0.25, -0.2) is 4.98 Å². The molecule has 0 radical (unpaired) electrons. The number of aromatic nitrogens is 2. The number of nitrogens with one attached hydrogen (secondary N) is 1. The van der Waals surface area contributed by atoms with Crippen LogP contribution in [0.5, 0.6) is 0 Å². The van der Waals surface area contributed by atoms with Gasteiger partial charge in [-0.2, -0.15) is 0 Å². The number of aryl methyl sites for hydroxylation is 1. The Morgan fingerprint density at radius 3 is 2.86 bits per heavy atom. The zero-order valence-electron chi connectivity index (χ0n) is 16.2. The molecular formula is C21H26N4O3. The summed E-state index contributed by atoms with van der Waals surface area (Å²) >= 11 is 0. The molecule has 2 aliphatic heterocycles. The van der Waals surface area contributed by atoms with Gasteiger partial charge in [-0.15, -0.1) is 0 Å². The number of hydrogen-bond acceptors (Lipinski definition) is 4. The number of fused-ring (bicyclic) bond motifs is 2. The molecule has 7 nitrogen and oxygen atoms in total. The Kier molecular flexibility index (Phi) is 5.43. The molecule has 28 heavy (non-hydrogen) atoms. The quantitative estimate of drug-likeness (QED) is 0.805. The second-order valence-electron chi connectivity index (χ2n) is 7.28. The smallest absolute Gasteiger partial charge is 0.287 e. The molecule has 0 atom stereocenters. The Morgan fingerprint density at radius 2 is 2.00 bits per heavy atom. The summed E-state index contributed by atoms with van der Waals surface area (Å²) in [5, 5.41) is 2.83. The zero-order valence-corrected chi connectivity index (χ0v) is 16.2. The number of carbonyl (C=O) groups is 2. The van der Waals surface area contributed by atoms with Gasteiger partial charge < -0.3 is 19.5 Å². The maximum absolute atomic E-state index is 13.4. The lowest BCUT2D eigenvalue weighted by molar-refractivity contribution is 0.0921. The summed E-state index contributed by atoms with van der Waals surface area (Å²) < 4.78 is 6.92. The molecule has 0 saturated heterocycles. The molecule has 7 heteroatoms. The zero-order chi connectivity index (χ0) is 19.5. The molecule has 0 bridgehead atoms. The van der Waals surface area contributed by atoms with Gasteiger partial charge in [0.05, 0.1) is 12.3 Å². The van der Waals surface area contributed by atoms with Crippen LogP contribution in [0.3, 0.4) is 0 Å². The lowest BCUT2D eigenvalue weighted by Gasteiger charge is -2.29. The lowest BCUT2D eigenvalue weighted by atomic mass is 10.0. The highest BCUT2D eigenvalue weighted by Gasteiger charge is 2.31. The van der Waals surface area contributed by atoms with Gasteiger partial charge in [0.25, 0.3) is 11.8 Å². The fourth-order valence-electron chi connectivity index (χ4n) is 4.11. The monoisotopic (exact) mass is 382 g/mol. The minimum Gasteiger partial charge on any atom is -0.383 e. The molecule has 2 aliphatic rings. The average Bonchev–Trinajstić information content (AvgIpc) is 3.13. The topological polar surface area (TPSA) is 76.5 Å². The van der Waals surface area contributed by atoms with Crippen molar-refractivity contribution in [2.75, 3.05) is 31.7 Å². The molecule has 0 spiro atoms. The van der Waals surface area contributed by atoms with Gasteiger partial charge >= 0.3 is 0 Å². The molecule has 1 N–H and O–H groups in total. The third kappa shape index (κ3) is 3.42. The SMILES string of the molecule is COCCNC(=O)c1nc(C(=O)N2CCCc3ccccc32)c2n1CCCC2. The summed E-state index contributed by atoms with van der Waals surface area (Å²) in [5.41, 5.74) is 3.46. The maximum atomic E-state index is 13.4. The van der Waals surface area contributed by atoms with Crippen LogP contribution in [-0.4, -0.2) is 48.2 Å². The molecule has 148 valence electrons. The first-order chi connectivity index (χ1) is 13.7. The summed E-state index contributed by atoms with van der Waals surface area (Å²) in [5.74, 6) is -0.0218. The van der Waals surface area contributed by atoms with Gasteiger partial charge in [0.15, 0.2) is 11.5 Å². The first-order valence-corrected chi connectivity index (χ1v) is 9.97. The van der Waals surface area contributed by atoms with Crippen LogP contribution in [0.2, 0.25) is 0 Å². The van der Waals surface area contributed by atoms with E-state index < -0.39 is 0 Å². The number of para-hydroxylation sites is 1. The number of benzene rings is 1. The Labute approximate surface area is 164 Å². The van der Waals surface area contributed by atoms with Gasteiger partial charge in [-0.3, -0.25) is 9.59 Å². The number of anilines is 1. The van der Waals surface area contributed by atoms with Crippen molar-refractivity contribution in [1.29, 1.82) is 0 Å². The summed E-state index contributed by atoms with van der Waals surface area (Å²) in [6.07, 6.45) is 4.68. The van der Waals surface area contributed by atoms with Crippen LogP contribution >= 0.6 is 0 Å². The highest BCUT2D eigenvalue weighted by molar-refractivity contribution is 6.07. The predicted octanol–water partition coefficient (Wildman–Crippen LogP) is 2.19. The Balaban J connectivity index is 1.67. The number of methoxy groups -OCH3 is 1. The molecule has 0 aliphatic carbocycles. The number of carbonyl (C=O) groups excluding carboxylic acids is 2. The molecular weight excluding hydrogens is 356 g/mol. The van der Waals surface area contributed by atoms with Gasteiger partial charge in [0.1, 0.15) is 0 Å². The van der Waals surface area contributed by atoms with Crippen LogP contribution in [0.4, 0.5) is 5.69 Å². The molecule has 2 amide bonds. The number of ether oxygens (including phenoxy) is 1. The lowest BCUT2D eigenvalue weighted by Crippen LogP contribution is -2.36. The van der Waals surface area contributed by atoms with Crippen molar-refractivity contribution in [3.05, 3.63) is 47.0 Å². The number of nitrogens with zero attached hydrogens (tertiary/aromatic N) is 3. The summed E-state index contributed by atoms with van der Waals surface area (Å²) in [7, 11) is 1.59. The van der Waals surface area contributed by atoms with Gasteiger partial charge in [0.2, 0.25) is 0 Å². The normalized spacial score (nSPS) is 15.7. The fraction of sp³-hybridized carbons (Fsp3) is 0.476. The third-order valence-electron chi connectivity index (χ3n) is 5.47. The van der Waals surface area contributed by atoms with Crippen molar-refractivity contribution < 1.29 is 14.3 Å². The summed E-state index contributed by atoms with van der Waals surface area (Å²) in [4.78, 5) is 32.4. The van der Waals surface area contributed by atoms with E-state index in [1.165, 1.54) is 5.56 Å². The molecule has 1 aromatic heterocycles. The van der Waals surface area contributed by atoms with Crippen LogP contribution in [0.1, 0.15) is 51.6 Å². The van der Waals surface area contributed by atoms with E-state index >= 15 is 0 Å². The molecule has 1 aromatic carbocycles. The average molecular weight is 382 g/mol. The predicted molar refractivity (Wildman–Crippen MR) is 106 cm³/mol. The largest absolute Gasteiger partial charge is 0.383 e. The van der Waals surface area contributed by atoms with E-state index in [4.69, 9.17) is 4.74 Å². The Bertz CT molecular complexity index is 890. The van der Waals surface area contributed by atoms with E-state index in [1.54, 1.807) is 7.11 Å². The Morgan fingerprint density at radius 1 is 1.14 bits per heavy atom. The van der Waals surface area contributed by atoms with E-state index in [2.05, 4.69) is 16.4 Å². The van der Waals surface area contributed by atoms with E-state index in [9.17, 15) is 9.59 Å². The highest BCUT2D eigenvalue weighted by Crippen LogP contribution is 2.30. The van der Waals surface area contributed by atoms with Gasteiger partial charge in [-0.1, -0.05) is 18.2 Å². The van der Waals surface area contributed by atoms with Crippen molar-refractivity contribution in [2.24, 2.45) is 0 Å². The number of hydrogen-bond donors (Lipinski definition) is 1. The van der Waals surface area contributed by atoms with Gasteiger partial charge in [-0.05, 0) is 43.7 Å². The van der Waals surface area contributed by atoms with Crippen LogP contribution in [0.15, 0.2) is 24.3 Å². The van der Waals surface area contributed by atoms with E-state index in [-0.39, 0.29) is 11.8 Å². The third-order valence-corrected chi connectivity index (χ3v) is 5.47. The molecule has 0 saturated carbocycles. The molecule has 4 rings (SSSR count). The van der Waals surface area contributed by atoms with Crippen molar-refractivity contribution in [3.8, 4) is 0 Å². The second kappa shape index (κ2) is 8.14. The highest BCUT2D eigenvalue weighted by atomic mass is 16.5. The van der Waals surface area contributed by atoms with Crippen LogP contribution < -0.4 is 10.2 Å². The fourth-order valence-corrected chi connectivity index (χ4v) is 4.11. The first kappa shape index (κ1) is 18.7. The Hall–Kier alpha value is -2.67. The number of imidazole rings is 1. The minimum atomic E-state index is -0.252. The molecule has 3 heterocycles. The maximum Gasteiger partial charge on any atom is 0.287 e. The van der Waals surface area contributed by atoms with Crippen molar-refractivity contribution in [3.63, 3.8) is 0 Å². The second-order valence-corrected chi connectivity index (χ2v) is 7.28. The van der Waals surface area contributed by atoms with Crippen LogP contribution in [-0.2, 0) is 24.1 Å². The molecule has 0 unspecified atom stereocenters. The molecule has 0 fully saturated rings. The van der Waals surface area contributed by atoms with Crippen LogP contribution in [0, 0.1) is 0 Å². The first-order valence-electron chi connectivity index (χ1n) is 9.97. The van der Waals surface area contributed by atoms with E-state index in [0.717, 1.165) is 50.0 Å². The standard InChI is InChI=1S/C21H26N4O3/c1-28-14-11-22-20(26)19-23-18(17-10-4-5-12-24(17)19)21(27)25-13-6-8-15-7-2-3-9-16(15)25/h2-3,7,9H,4-6,8,10-14H2,1H3,(H,22,26). The van der Waals surface area contributed by atoms with Crippen molar-refractivity contribution >= 4 is 17.5 Å². The van der Waals surface area contributed by atoms with Crippen molar-refractivity contribution in [1.82, 2.24) is 14.9 Å². The van der Waals surface area contributed by atoms with E-state index in [0.29, 0.717) is 31.2 Å². The minimum absolute atomic E-state index is 0.103. The number of amides is 2.